The summed E-state index contributed by atoms with van der Waals surface area (Å²) in [6.45, 7) is 6.35. The molecule has 0 bridgehead atoms. The standard InChI is InChI=1S/C14H19NO3/c1-14(2,11-3-5-12(16)6-4-11)13(17)15-7-9-18-10-8-15/h3-6,16H,7-10H2,1-2H3. The third-order valence-corrected chi connectivity index (χ3v) is 3.42. The highest BCUT2D eigenvalue weighted by atomic mass is 16.5. The Hall–Kier alpha value is -1.55. The molecule has 1 aliphatic heterocycles. The molecule has 1 aliphatic rings. The maximum atomic E-state index is 12.5. The van der Waals surface area contributed by atoms with Gasteiger partial charge < -0.3 is 14.7 Å². The Morgan fingerprint density at radius 2 is 1.78 bits per heavy atom. The quantitative estimate of drug-likeness (QED) is 0.864. The lowest BCUT2D eigenvalue weighted by Gasteiger charge is -2.34. The van der Waals surface area contributed by atoms with Gasteiger partial charge in [0.1, 0.15) is 5.75 Å². The first-order valence-corrected chi connectivity index (χ1v) is 6.18. The number of hydrogen-bond donors (Lipinski definition) is 1. The highest BCUT2D eigenvalue weighted by molar-refractivity contribution is 5.87. The molecule has 0 saturated carbocycles. The highest BCUT2D eigenvalue weighted by Gasteiger charge is 2.34. The fraction of sp³-hybridized carbons (Fsp3) is 0.500. The molecule has 0 unspecified atom stereocenters. The first-order valence-electron chi connectivity index (χ1n) is 6.18. The molecular weight excluding hydrogens is 230 g/mol. The fourth-order valence-corrected chi connectivity index (χ4v) is 2.16. The van der Waals surface area contributed by atoms with E-state index in [1.54, 1.807) is 24.3 Å². The Morgan fingerprint density at radius 3 is 2.33 bits per heavy atom. The zero-order valence-corrected chi connectivity index (χ0v) is 10.8. The van der Waals surface area contributed by atoms with Crippen molar-refractivity contribution in [3.05, 3.63) is 29.8 Å². The average Bonchev–Trinajstić information content (AvgIpc) is 2.39. The summed E-state index contributed by atoms with van der Waals surface area (Å²) in [5.41, 5.74) is 0.335. The number of nitrogens with zero attached hydrogens (tertiary/aromatic N) is 1. The number of phenols is 1. The van der Waals surface area contributed by atoms with Crippen molar-refractivity contribution >= 4 is 5.91 Å². The molecule has 0 aromatic heterocycles. The molecule has 1 heterocycles. The van der Waals surface area contributed by atoms with Crippen LogP contribution >= 0.6 is 0 Å². The van der Waals surface area contributed by atoms with E-state index >= 15 is 0 Å². The maximum Gasteiger partial charge on any atom is 0.232 e. The number of phenolic OH excluding ortho intramolecular Hbond substituents is 1. The van der Waals surface area contributed by atoms with Crippen LogP contribution in [0, 0.1) is 0 Å². The van der Waals surface area contributed by atoms with E-state index < -0.39 is 5.41 Å². The monoisotopic (exact) mass is 249 g/mol. The Morgan fingerprint density at radius 1 is 1.22 bits per heavy atom. The summed E-state index contributed by atoms with van der Waals surface area (Å²) in [5.74, 6) is 0.324. The van der Waals surface area contributed by atoms with Crippen molar-refractivity contribution in [2.45, 2.75) is 19.3 Å². The topological polar surface area (TPSA) is 49.8 Å². The number of benzene rings is 1. The van der Waals surface area contributed by atoms with Gasteiger partial charge in [-0.05, 0) is 31.5 Å². The zero-order chi connectivity index (χ0) is 13.2. The minimum absolute atomic E-state index is 0.108. The molecule has 1 N–H and O–H groups in total. The minimum Gasteiger partial charge on any atom is -0.508 e. The molecule has 18 heavy (non-hydrogen) atoms. The van der Waals surface area contributed by atoms with E-state index in [1.807, 2.05) is 18.7 Å². The number of rotatable bonds is 2. The third-order valence-electron chi connectivity index (χ3n) is 3.42. The highest BCUT2D eigenvalue weighted by Crippen LogP contribution is 2.27. The molecule has 0 atom stereocenters. The first-order chi connectivity index (χ1) is 8.51. The smallest absolute Gasteiger partial charge is 0.232 e. The summed E-state index contributed by atoms with van der Waals surface area (Å²) in [7, 11) is 0. The third kappa shape index (κ3) is 2.48. The van der Waals surface area contributed by atoms with E-state index in [2.05, 4.69) is 0 Å². The number of morpholine rings is 1. The zero-order valence-electron chi connectivity index (χ0n) is 10.8. The largest absolute Gasteiger partial charge is 0.508 e. The summed E-state index contributed by atoms with van der Waals surface area (Å²) < 4.78 is 5.26. The Balaban J connectivity index is 2.18. The van der Waals surface area contributed by atoms with E-state index in [4.69, 9.17) is 4.74 Å². The van der Waals surface area contributed by atoms with Gasteiger partial charge in [0.2, 0.25) is 5.91 Å². The molecule has 98 valence electrons. The number of carbonyl (C=O) groups excluding carboxylic acids is 1. The van der Waals surface area contributed by atoms with Crippen LogP contribution in [-0.4, -0.2) is 42.2 Å². The van der Waals surface area contributed by atoms with Crippen LogP contribution in [0.15, 0.2) is 24.3 Å². The van der Waals surface area contributed by atoms with Gasteiger partial charge in [-0.25, -0.2) is 0 Å². The second-order valence-electron chi connectivity index (χ2n) is 5.08. The molecule has 4 heteroatoms. The normalized spacial score (nSPS) is 16.7. The number of aromatic hydroxyl groups is 1. The van der Waals surface area contributed by atoms with E-state index in [0.29, 0.717) is 26.3 Å². The summed E-state index contributed by atoms with van der Waals surface area (Å²) in [4.78, 5) is 14.4. The van der Waals surface area contributed by atoms with Crippen molar-refractivity contribution in [1.29, 1.82) is 0 Å². The lowest BCUT2D eigenvalue weighted by atomic mass is 9.83. The SMILES string of the molecule is CC(C)(C(=O)N1CCOCC1)c1ccc(O)cc1. The van der Waals surface area contributed by atoms with E-state index in [9.17, 15) is 9.90 Å². The van der Waals surface area contributed by atoms with Crippen molar-refractivity contribution < 1.29 is 14.6 Å². The van der Waals surface area contributed by atoms with Crippen LogP contribution < -0.4 is 0 Å². The Bertz CT molecular complexity index is 419. The van der Waals surface area contributed by atoms with E-state index in [1.165, 1.54) is 0 Å². The molecule has 1 aromatic carbocycles. The molecule has 0 radical (unpaired) electrons. The summed E-state index contributed by atoms with van der Waals surface area (Å²) >= 11 is 0. The first kappa shape index (κ1) is 12.9. The van der Waals surface area contributed by atoms with Crippen molar-refractivity contribution in [2.75, 3.05) is 26.3 Å². The van der Waals surface area contributed by atoms with Crippen molar-refractivity contribution in [2.24, 2.45) is 0 Å². The summed E-state index contributed by atoms with van der Waals surface area (Å²) in [5, 5.41) is 9.30. The van der Waals surface area contributed by atoms with Crippen molar-refractivity contribution in [1.82, 2.24) is 4.90 Å². The van der Waals surface area contributed by atoms with Crippen LogP contribution in [0.2, 0.25) is 0 Å². The molecule has 1 saturated heterocycles. The van der Waals surface area contributed by atoms with Gasteiger partial charge in [-0.1, -0.05) is 12.1 Å². The van der Waals surface area contributed by atoms with Gasteiger partial charge >= 0.3 is 0 Å². The summed E-state index contributed by atoms with van der Waals surface area (Å²) in [6, 6.07) is 6.83. The lowest BCUT2D eigenvalue weighted by Crippen LogP contribution is -2.48. The van der Waals surface area contributed by atoms with Crippen LogP contribution in [-0.2, 0) is 14.9 Å². The van der Waals surface area contributed by atoms with Gasteiger partial charge in [0, 0.05) is 13.1 Å². The van der Waals surface area contributed by atoms with E-state index in [0.717, 1.165) is 5.56 Å². The lowest BCUT2D eigenvalue weighted by molar-refractivity contribution is -0.140. The van der Waals surface area contributed by atoms with Crippen molar-refractivity contribution in [3.8, 4) is 5.75 Å². The Kier molecular flexibility index (Phi) is 3.57. The molecule has 4 nitrogen and oxygen atoms in total. The second-order valence-corrected chi connectivity index (χ2v) is 5.08. The van der Waals surface area contributed by atoms with Crippen LogP contribution in [0.3, 0.4) is 0 Å². The summed E-state index contributed by atoms with van der Waals surface area (Å²) in [6.07, 6.45) is 0. The van der Waals surface area contributed by atoms with Crippen LogP contribution in [0.5, 0.6) is 5.75 Å². The number of amides is 1. The molecular formula is C14H19NO3. The minimum atomic E-state index is -0.578. The van der Waals surface area contributed by atoms with Crippen LogP contribution in [0.1, 0.15) is 19.4 Å². The molecule has 1 aromatic rings. The molecule has 2 rings (SSSR count). The number of ether oxygens (including phenoxy) is 1. The van der Waals surface area contributed by atoms with Gasteiger partial charge in [-0.3, -0.25) is 4.79 Å². The Labute approximate surface area is 107 Å². The second kappa shape index (κ2) is 4.98. The number of carbonyl (C=O) groups is 1. The van der Waals surface area contributed by atoms with Gasteiger partial charge in [0.25, 0.3) is 0 Å². The van der Waals surface area contributed by atoms with E-state index in [-0.39, 0.29) is 11.7 Å². The van der Waals surface area contributed by atoms with Gasteiger partial charge in [0.05, 0.1) is 18.6 Å². The fourth-order valence-electron chi connectivity index (χ4n) is 2.16. The van der Waals surface area contributed by atoms with Gasteiger partial charge in [-0.2, -0.15) is 0 Å². The average molecular weight is 249 g/mol. The van der Waals surface area contributed by atoms with Crippen molar-refractivity contribution in [3.63, 3.8) is 0 Å². The van der Waals surface area contributed by atoms with Gasteiger partial charge in [-0.15, -0.1) is 0 Å². The molecule has 0 aliphatic carbocycles. The maximum absolute atomic E-state index is 12.5. The number of hydrogen-bond acceptors (Lipinski definition) is 3. The van der Waals surface area contributed by atoms with Crippen LogP contribution in [0.4, 0.5) is 0 Å². The molecule has 1 fully saturated rings. The van der Waals surface area contributed by atoms with Crippen LogP contribution in [0.25, 0.3) is 0 Å². The molecule has 1 amide bonds. The predicted octanol–water partition coefficient (Wildman–Crippen LogP) is 1.53. The molecule has 0 spiro atoms. The predicted molar refractivity (Wildman–Crippen MR) is 68.5 cm³/mol. The van der Waals surface area contributed by atoms with Gasteiger partial charge in [0.15, 0.2) is 0 Å².